The van der Waals surface area contributed by atoms with Crippen LogP contribution in [0.25, 0.3) is 0 Å². The van der Waals surface area contributed by atoms with Gasteiger partial charge in [-0.15, -0.1) is 0 Å². The van der Waals surface area contributed by atoms with Gasteiger partial charge in [-0.1, -0.05) is 12.1 Å². The maximum absolute atomic E-state index is 13.1. The first-order valence-electron chi connectivity index (χ1n) is 9.25. The normalized spacial score (nSPS) is 17.0. The molecule has 1 aromatic rings. The fourth-order valence-corrected chi connectivity index (χ4v) is 4.77. The first kappa shape index (κ1) is 22.3. The monoisotopic (exact) mass is 411 g/mol. The molecule has 28 heavy (non-hydrogen) atoms. The maximum atomic E-state index is 13.1. The third kappa shape index (κ3) is 5.76. The number of carbonyl (C=O) groups is 2. The van der Waals surface area contributed by atoms with Gasteiger partial charge in [0.15, 0.2) is 0 Å². The van der Waals surface area contributed by atoms with Gasteiger partial charge in [0.25, 0.3) is 0 Å². The van der Waals surface area contributed by atoms with Gasteiger partial charge in [0.1, 0.15) is 0 Å². The Morgan fingerprint density at radius 1 is 1.11 bits per heavy atom. The van der Waals surface area contributed by atoms with Gasteiger partial charge >= 0.3 is 5.97 Å². The molecular weight excluding hydrogens is 382 g/mol. The number of esters is 1. The van der Waals surface area contributed by atoms with Gasteiger partial charge in [-0.3, -0.25) is 9.69 Å². The van der Waals surface area contributed by atoms with E-state index in [1.165, 1.54) is 23.5 Å². The number of nitrogens with one attached hydrogen (secondary N) is 1. The second kappa shape index (κ2) is 9.02. The highest BCUT2D eigenvalue weighted by molar-refractivity contribution is 7.89. The topological polar surface area (TPSA) is 96.0 Å². The van der Waals surface area contributed by atoms with E-state index in [0.29, 0.717) is 26.1 Å². The van der Waals surface area contributed by atoms with Crippen LogP contribution in [0.3, 0.4) is 0 Å². The molecule has 0 unspecified atom stereocenters. The van der Waals surface area contributed by atoms with Crippen LogP contribution >= 0.6 is 0 Å². The summed E-state index contributed by atoms with van der Waals surface area (Å²) in [6.07, 6.45) is 0.600. The molecule has 1 aliphatic rings. The highest BCUT2D eigenvalue weighted by Gasteiger charge is 2.31. The van der Waals surface area contributed by atoms with Crippen LogP contribution in [0.2, 0.25) is 0 Å². The average molecular weight is 412 g/mol. The third-order valence-electron chi connectivity index (χ3n) is 4.34. The molecular formula is C19H29N3O5S. The van der Waals surface area contributed by atoms with Crippen molar-refractivity contribution in [2.45, 2.75) is 37.6 Å². The van der Waals surface area contributed by atoms with Crippen LogP contribution in [0.4, 0.5) is 0 Å². The summed E-state index contributed by atoms with van der Waals surface area (Å²) in [6, 6.07) is 6.05. The van der Waals surface area contributed by atoms with E-state index >= 15 is 0 Å². The molecule has 9 heteroatoms. The minimum atomic E-state index is -3.85. The van der Waals surface area contributed by atoms with Gasteiger partial charge in [0.05, 0.1) is 24.1 Å². The van der Waals surface area contributed by atoms with Gasteiger partial charge in [-0.2, -0.15) is 4.31 Å². The van der Waals surface area contributed by atoms with Gasteiger partial charge in [0, 0.05) is 25.2 Å². The van der Waals surface area contributed by atoms with E-state index in [4.69, 9.17) is 4.74 Å². The molecule has 0 spiro atoms. The lowest BCUT2D eigenvalue weighted by Crippen LogP contribution is -2.46. The summed E-state index contributed by atoms with van der Waals surface area (Å²) >= 11 is 0. The zero-order chi connectivity index (χ0) is 20.9. The van der Waals surface area contributed by atoms with Gasteiger partial charge < -0.3 is 10.1 Å². The first-order chi connectivity index (χ1) is 13.0. The van der Waals surface area contributed by atoms with Crippen molar-refractivity contribution in [2.24, 2.45) is 0 Å². The lowest BCUT2D eigenvalue weighted by atomic mass is 10.1. The summed E-state index contributed by atoms with van der Waals surface area (Å²) in [4.78, 5) is 26.0. The van der Waals surface area contributed by atoms with Crippen molar-refractivity contribution in [2.75, 3.05) is 39.8 Å². The zero-order valence-electron chi connectivity index (χ0n) is 16.9. The Labute approximate surface area is 166 Å². The number of rotatable bonds is 5. The second-order valence-electron chi connectivity index (χ2n) is 7.82. The summed E-state index contributed by atoms with van der Waals surface area (Å²) < 4.78 is 32.3. The predicted octanol–water partition coefficient (Wildman–Crippen LogP) is 1.08. The molecule has 0 atom stereocenters. The number of benzene rings is 1. The van der Waals surface area contributed by atoms with Crippen molar-refractivity contribution in [3.05, 3.63) is 29.8 Å². The second-order valence-corrected chi connectivity index (χ2v) is 9.73. The van der Waals surface area contributed by atoms with Gasteiger partial charge in [-0.05, 0) is 45.9 Å². The van der Waals surface area contributed by atoms with Crippen molar-refractivity contribution in [3.63, 3.8) is 0 Å². The number of hydrogen-bond donors (Lipinski definition) is 1. The minimum absolute atomic E-state index is 0.0238. The maximum Gasteiger partial charge on any atom is 0.339 e. The van der Waals surface area contributed by atoms with E-state index in [1.54, 1.807) is 12.1 Å². The summed E-state index contributed by atoms with van der Waals surface area (Å²) in [5.74, 6) is -0.769. The van der Waals surface area contributed by atoms with Crippen molar-refractivity contribution in [1.29, 1.82) is 0 Å². The fraction of sp³-hybridized carbons (Fsp3) is 0.579. The summed E-state index contributed by atoms with van der Waals surface area (Å²) in [5, 5.41) is 2.92. The smallest absolute Gasteiger partial charge is 0.339 e. The SMILES string of the molecule is COC(=O)c1ccccc1S(=O)(=O)N1CCCN(CC(=O)NC(C)(C)C)CC1. The van der Waals surface area contributed by atoms with E-state index in [2.05, 4.69) is 5.32 Å². The van der Waals surface area contributed by atoms with Crippen molar-refractivity contribution < 1.29 is 22.7 Å². The molecule has 0 aromatic heterocycles. The Hall–Kier alpha value is -1.97. The molecule has 1 N–H and O–H groups in total. The highest BCUT2D eigenvalue weighted by atomic mass is 32.2. The Kier molecular flexibility index (Phi) is 7.19. The van der Waals surface area contributed by atoms with Crippen molar-refractivity contribution >= 4 is 21.9 Å². The largest absolute Gasteiger partial charge is 0.465 e. The van der Waals surface area contributed by atoms with E-state index in [1.807, 2.05) is 25.7 Å². The number of hydrogen-bond acceptors (Lipinski definition) is 6. The molecule has 0 radical (unpaired) electrons. The van der Waals surface area contributed by atoms with Crippen LogP contribution < -0.4 is 5.32 Å². The lowest BCUT2D eigenvalue weighted by molar-refractivity contribution is -0.123. The third-order valence-corrected chi connectivity index (χ3v) is 6.30. The number of amides is 1. The molecule has 0 aliphatic carbocycles. The summed E-state index contributed by atoms with van der Waals surface area (Å²) in [6.45, 7) is 7.63. The van der Waals surface area contributed by atoms with Crippen molar-refractivity contribution in [3.8, 4) is 0 Å². The molecule has 8 nitrogen and oxygen atoms in total. The molecule has 1 aliphatic heterocycles. The molecule has 1 saturated heterocycles. The Balaban J connectivity index is 2.11. The lowest BCUT2D eigenvalue weighted by Gasteiger charge is -2.25. The van der Waals surface area contributed by atoms with Gasteiger partial charge in [-0.25, -0.2) is 13.2 Å². The number of ether oxygens (including phenoxy) is 1. The number of carbonyl (C=O) groups excluding carboxylic acids is 2. The van der Waals surface area contributed by atoms with Crippen molar-refractivity contribution in [1.82, 2.24) is 14.5 Å². The van der Waals surface area contributed by atoms with Crippen LogP contribution in [-0.4, -0.2) is 74.9 Å². The van der Waals surface area contributed by atoms with Crippen LogP contribution in [0, 0.1) is 0 Å². The van der Waals surface area contributed by atoms with Gasteiger partial charge in [0.2, 0.25) is 15.9 Å². The minimum Gasteiger partial charge on any atom is -0.465 e. The molecule has 1 fully saturated rings. The van der Waals surface area contributed by atoms with Crippen LogP contribution in [0.15, 0.2) is 29.2 Å². The Morgan fingerprint density at radius 2 is 1.79 bits per heavy atom. The molecule has 0 bridgehead atoms. The number of sulfonamides is 1. The van der Waals surface area contributed by atoms with E-state index in [9.17, 15) is 18.0 Å². The zero-order valence-corrected chi connectivity index (χ0v) is 17.7. The quantitative estimate of drug-likeness (QED) is 0.729. The van der Waals surface area contributed by atoms with Crippen LogP contribution in [-0.2, 0) is 19.6 Å². The van der Waals surface area contributed by atoms with E-state index < -0.39 is 16.0 Å². The molecule has 0 saturated carbocycles. The first-order valence-corrected chi connectivity index (χ1v) is 10.7. The average Bonchev–Trinajstić information content (AvgIpc) is 2.85. The van der Waals surface area contributed by atoms with E-state index in [0.717, 1.165) is 0 Å². The number of nitrogens with zero attached hydrogens (tertiary/aromatic N) is 2. The summed E-state index contributed by atoms with van der Waals surface area (Å²) in [7, 11) is -2.63. The highest BCUT2D eigenvalue weighted by Crippen LogP contribution is 2.22. The molecule has 1 aromatic carbocycles. The summed E-state index contributed by atoms with van der Waals surface area (Å²) in [5.41, 5.74) is -0.286. The van der Waals surface area contributed by atoms with Crippen LogP contribution in [0.5, 0.6) is 0 Å². The fourth-order valence-electron chi connectivity index (χ4n) is 3.12. The molecule has 1 heterocycles. The van der Waals surface area contributed by atoms with Crippen LogP contribution in [0.1, 0.15) is 37.6 Å². The molecule has 156 valence electrons. The van der Waals surface area contributed by atoms with E-state index in [-0.39, 0.29) is 35.0 Å². The standard InChI is InChI=1S/C19H29N3O5S/c1-19(2,3)20-17(23)14-21-10-7-11-22(13-12-21)28(25,26)16-9-6-5-8-15(16)18(24)27-4/h5-6,8-9H,7,10-14H2,1-4H3,(H,20,23). The predicted molar refractivity (Wildman–Crippen MR) is 105 cm³/mol. The molecule has 2 rings (SSSR count). The number of methoxy groups -OCH3 is 1. The molecule has 1 amide bonds. The Morgan fingerprint density at radius 3 is 2.43 bits per heavy atom. The Bertz CT molecular complexity index is 817.